The Morgan fingerprint density at radius 2 is 2.29 bits per heavy atom. The summed E-state index contributed by atoms with van der Waals surface area (Å²) < 4.78 is 0. The van der Waals surface area contributed by atoms with E-state index in [0.29, 0.717) is 11.2 Å². The van der Waals surface area contributed by atoms with Crippen molar-refractivity contribution in [3.05, 3.63) is 28.5 Å². The summed E-state index contributed by atoms with van der Waals surface area (Å²) in [6.45, 7) is 6.80. The van der Waals surface area contributed by atoms with Crippen LogP contribution < -0.4 is 0 Å². The maximum absolute atomic E-state index is 5.93. The molecule has 2 heterocycles. The van der Waals surface area contributed by atoms with Crippen LogP contribution in [0.4, 0.5) is 0 Å². The average molecular weight is 253 g/mol. The number of aromatic nitrogens is 1. The van der Waals surface area contributed by atoms with Crippen LogP contribution in [0, 0.1) is 6.92 Å². The van der Waals surface area contributed by atoms with Gasteiger partial charge in [-0.15, -0.1) is 0 Å². The lowest BCUT2D eigenvalue weighted by Crippen LogP contribution is -2.34. The van der Waals surface area contributed by atoms with Gasteiger partial charge < -0.3 is 0 Å². The summed E-state index contributed by atoms with van der Waals surface area (Å²) in [5.74, 6) is 0. The molecule has 0 bridgehead atoms. The SMILES string of the molecule is CCCN1CCCC[C@@H]1c1cnc(Cl)cc1C. The van der Waals surface area contributed by atoms with E-state index in [1.165, 1.54) is 49.9 Å². The Labute approximate surface area is 109 Å². The normalized spacial score (nSPS) is 21.7. The van der Waals surface area contributed by atoms with E-state index in [4.69, 9.17) is 11.6 Å². The monoisotopic (exact) mass is 252 g/mol. The maximum atomic E-state index is 5.93. The number of nitrogens with zero attached hydrogens (tertiary/aromatic N) is 2. The highest BCUT2D eigenvalue weighted by atomic mass is 35.5. The minimum atomic E-state index is 0.550. The summed E-state index contributed by atoms with van der Waals surface area (Å²) in [6.07, 6.45) is 7.10. The summed E-state index contributed by atoms with van der Waals surface area (Å²) in [4.78, 5) is 6.85. The van der Waals surface area contributed by atoms with Crippen molar-refractivity contribution in [3.8, 4) is 0 Å². The van der Waals surface area contributed by atoms with Gasteiger partial charge in [0.25, 0.3) is 0 Å². The molecular weight excluding hydrogens is 232 g/mol. The summed E-state index contributed by atoms with van der Waals surface area (Å²) in [6, 6.07) is 2.53. The highest BCUT2D eigenvalue weighted by Crippen LogP contribution is 2.32. The fourth-order valence-electron chi connectivity index (χ4n) is 2.78. The minimum Gasteiger partial charge on any atom is -0.296 e. The molecule has 1 fully saturated rings. The van der Waals surface area contributed by atoms with Crippen LogP contribution in [0.1, 0.15) is 49.8 Å². The Bertz CT molecular complexity index is 376. The predicted octanol–water partition coefficient (Wildman–Crippen LogP) is 3.98. The van der Waals surface area contributed by atoms with Crippen molar-refractivity contribution in [2.75, 3.05) is 13.1 Å². The van der Waals surface area contributed by atoms with Crippen LogP contribution in [0.2, 0.25) is 5.15 Å². The summed E-state index contributed by atoms with van der Waals surface area (Å²) in [5, 5.41) is 0.601. The Kier molecular flexibility index (Phi) is 4.41. The Balaban J connectivity index is 2.23. The molecule has 3 heteroatoms. The standard InChI is InChI=1S/C14H21ClN2/c1-3-7-17-8-5-4-6-13(17)12-10-16-14(15)9-11(12)2/h9-10,13H,3-8H2,1-2H3/t13-/m1/s1. The number of aryl methyl sites for hydroxylation is 1. The Morgan fingerprint density at radius 1 is 1.47 bits per heavy atom. The molecule has 1 atom stereocenters. The molecule has 2 rings (SSSR count). The quantitative estimate of drug-likeness (QED) is 0.757. The molecule has 94 valence electrons. The second kappa shape index (κ2) is 5.83. The van der Waals surface area contributed by atoms with Crippen molar-refractivity contribution < 1.29 is 0 Å². The fourth-order valence-corrected chi connectivity index (χ4v) is 2.99. The van der Waals surface area contributed by atoms with E-state index in [0.717, 1.165) is 0 Å². The Morgan fingerprint density at radius 3 is 3.00 bits per heavy atom. The minimum absolute atomic E-state index is 0.550. The number of halogens is 1. The number of hydrogen-bond acceptors (Lipinski definition) is 2. The molecule has 17 heavy (non-hydrogen) atoms. The molecule has 0 amide bonds. The first-order chi connectivity index (χ1) is 8.22. The first kappa shape index (κ1) is 12.8. The van der Waals surface area contributed by atoms with Gasteiger partial charge in [-0.2, -0.15) is 0 Å². The molecule has 1 aliphatic heterocycles. The van der Waals surface area contributed by atoms with E-state index >= 15 is 0 Å². The largest absolute Gasteiger partial charge is 0.296 e. The van der Waals surface area contributed by atoms with E-state index in [9.17, 15) is 0 Å². The number of rotatable bonds is 3. The molecule has 0 N–H and O–H groups in total. The second-order valence-corrected chi connectivity index (χ2v) is 5.30. The van der Waals surface area contributed by atoms with Crippen molar-refractivity contribution >= 4 is 11.6 Å². The molecule has 1 aromatic heterocycles. The van der Waals surface area contributed by atoms with Crippen LogP contribution in [0.15, 0.2) is 12.3 Å². The van der Waals surface area contributed by atoms with Gasteiger partial charge >= 0.3 is 0 Å². The first-order valence-corrected chi connectivity index (χ1v) is 6.96. The molecule has 1 aromatic rings. The third-order valence-electron chi connectivity index (χ3n) is 3.60. The summed E-state index contributed by atoms with van der Waals surface area (Å²) >= 11 is 5.93. The summed E-state index contributed by atoms with van der Waals surface area (Å²) in [7, 11) is 0. The molecule has 0 aromatic carbocycles. The molecule has 0 saturated carbocycles. The Hall–Kier alpha value is -0.600. The number of likely N-dealkylation sites (tertiary alicyclic amines) is 1. The highest BCUT2D eigenvalue weighted by Gasteiger charge is 2.24. The third-order valence-corrected chi connectivity index (χ3v) is 3.81. The molecule has 0 spiro atoms. The van der Waals surface area contributed by atoms with Crippen LogP contribution >= 0.6 is 11.6 Å². The smallest absolute Gasteiger partial charge is 0.129 e. The van der Waals surface area contributed by atoms with Gasteiger partial charge in [-0.1, -0.05) is 24.9 Å². The van der Waals surface area contributed by atoms with E-state index in [2.05, 4.69) is 23.7 Å². The van der Waals surface area contributed by atoms with Crippen molar-refractivity contribution in [3.63, 3.8) is 0 Å². The van der Waals surface area contributed by atoms with Crippen molar-refractivity contribution in [2.45, 2.75) is 45.6 Å². The maximum Gasteiger partial charge on any atom is 0.129 e. The molecular formula is C14H21ClN2. The predicted molar refractivity (Wildman–Crippen MR) is 72.4 cm³/mol. The van der Waals surface area contributed by atoms with E-state index in [-0.39, 0.29) is 0 Å². The fraction of sp³-hybridized carbons (Fsp3) is 0.643. The van der Waals surface area contributed by atoms with Gasteiger partial charge in [0, 0.05) is 12.2 Å². The van der Waals surface area contributed by atoms with Gasteiger partial charge in [0.1, 0.15) is 5.15 Å². The lowest BCUT2D eigenvalue weighted by atomic mass is 9.93. The van der Waals surface area contributed by atoms with Crippen LogP contribution in [0.25, 0.3) is 0 Å². The first-order valence-electron chi connectivity index (χ1n) is 6.58. The van der Waals surface area contributed by atoms with Crippen molar-refractivity contribution in [1.82, 2.24) is 9.88 Å². The zero-order valence-electron chi connectivity index (χ0n) is 10.7. The molecule has 0 unspecified atom stereocenters. The van der Waals surface area contributed by atoms with Gasteiger partial charge in [0.05, 0.1) is 0 Å². The molecule has 2 nitrogen and oxygen atoms in total. The highest BCUT2D eigenvalue weighted by molar-refractivity contribution is 6.29. The second-order valence-electron chi connectivity index (χ2n) is 4.91. The molecule has 1 aliphatic rings. The van der Waals surface area contributed by atoms with E-state index in [1.807, 2.05) is 12.3 Å². The van der Waals surface area contributed by atoms with Crippen LogP contribution in [0.5, 0.6) is 0 Å². The zero-order chi connectivity index (χ0) is 12.3. The van der Waals surface area contributed by atoms with Gasteiger partial charge in [0.2, 0.25) is 0 Å². The zero-order valence-corrected chi connectivity index (χ0v) is 11.5. The molecule has 0 aliphatic carbocycles. The van der Waals surface area contributed by atoms with Crippen LogP contribution in [-0.2, 0) is 0 Å². The average Bonchev–Trinajstić information content (AvgIpc) is 2.31. The van der Waals surface area contributed by atoms with Crippen LogP contribution in [-0.4, -0.2) is 23.0 Å². The number of hydrogen-bond donors (Lipinski definition) is 0. The lowest BCUT2D eigenvalue weighted by molar-refractivity contribution is 0.148. The van der Waals surface area contributed by atoms with Crippen molar-refractivity contribution in [1.29, 1.82) is 0 Å². The lowest BCUT2D eigenvalue weighted by Gasteiger charge is -2.36. The summed E-state index contributed by atoms with van der Waals surface area (Å²) in [5.41, 5.74) is 2.64. The van der Waals surface area contributed by atoms with E-state index in [1.54, 1.807) is 0 Å². The third kappa shape index (κ3) is 2.99. The van der Waals surface area contributed by atoms with Gasteiger partial charge in [0.15, 0.2) is 0 Å². The van der Waals surface area contributed by atoms with Gasteiger partial charge in [-0.25, -0.2) is 4.98 Å². The topological polar surface area (TPSA) is 16.1 Å². The van der Waals surface area contributed by atoms with Crippen molar-refractivity contribution in [2.24, 2.45) is 0 Å². The van der Waals surface area contributed by atoms with E-state index < -0.39 is 0 Å². The molecule has 1 saturated heterocycles. The van der Waals surface area contributed by atoms with Crippen LogP contribution in [0.3, 0.4) is 0 Å². The molecule has 0 radical (unpaired) electrons. The van der Waals surface area contributed by atoms with Gasteiger partial charge in [-0.05, 0) is 56.5 Å². The number of pyridine rings is 1. The number of piperidine rings is 1. The van der Waals surface area contributed by atoms with Gasteiger partial charge in [-0.3, -0.25) is 4.90 Å².